The summed E-state index contributed by atoms with van der Waals surface area (Å²) in [4.78, 5) is 0. The predicted molar refractivity (Wildman–Crippen MR) is 131 cm³/mol. The highest BCUT2D eigenvalue weighted by molar-refractivity contribution is 5.28. The van der Waals surface area contributed by atoms with Crippen LogP contribution in [0.2, 0.25) is 0 Å². The van der Waals surface area contributed by atoms with Crippen molar-refractivity contribution in [1.82, 2.24) is 0 Å². The Kier molecular flexibility index (Phi) is 6.96. The van der Waals surface area contributed by atoms with E-state index in [4.69, 9.17) is 4.74 Å². The molecular weight excluding hydrogens is 396 g/mol. The largest absolute Gasteiger partial charge is 0.393 e. The van der Waals surface area contributed by atoms with Crippen molar-refractivity contribution in [1.29, 1.82) is 0 Å². The molecule has 32 heavy (non-hydrogen) atoms. The van der Waals surface area contributed by atoms with Gasteiger partial charge in [0.1, 0.15) is 0 Å². The number of methoxy groups -OCH3 is 1. The molecule has 0 heterocycles. The van der Waals surface area contributed by atoms with Gasteiger partial charge in [-0.1, -0.05) is 53.2 Å². The fraction of sp³-hybridized carbons (Fsp3) is 0.931. The van der Waals surface area contributed by atoms with Crippen molar-refractivity contribution in [3.63, 3.8) is 0 Å². The third-order valence-corrected chi connectivity index (χ3v) is 11.4. The Morgan fingerprint density at radius 3 is 2.41 bits per heavy atom. The van der Waals surface area contributed by atoms with Gasteiger partial charge in [-0.15, -0.1) is 0 Å². The van der Waals surface area contributed by atoms with Gasteiger partial charge in [-0.25, -0.2) is 0 Å². The second-order valence-electron chi connectivity index (χ2n) is 13.1. The summed E-state index contributed by atoms with van der Waals surface area (Å²) >= 11 is 0. The standard InChI is InChI=1S/C29H50O3/c1-17(2)18(3)14-25(31)19(4)22-8-9-23-27-24(11-13-29(22,23)6)28(5)12-10-21(30)15-20(28)16-26(27)32-7/h16-19,21-27,30-31H,8-15H2,1-7H3/t18-,19+,21+,22-,23+,24+,25-,26-,27+,28+,29-/m1/s1. The van der Waals surface area contributed by atoms with E-state index in [1.165, 1.54) is 31.3 Å². The molecule has 3 nitrogen and oxygen atoms in total. The van der Waals surface area contributed by atoms with Gasteiger partial charge in [0.05, 0.1) is 18.3 Å². The van der Waals surface area contributed by atoms with Gasteiger partial charge in [0, 0.05) is 7.11 Å². The van der Waals surface area contributed by atoms with Gasteiger partial charge < -0.3 is 14.9 Å². The van der Waals surface area contributed by atoms with E-state index in [0.717, 1.165) is 25.7 Å². The molecule has 0 saturated heterocycles. The second-order valence-corrected chi connectivity index (χ2v) is 13.1. The SMILES string of the molecule is CO[C@@H]1C=C2C[C@@H](O)CC[C@]2(C)[C@H]2CC[C@]3(C)[C@@H]([C@H](C)[C@H](O)C[C@@H](C)C(C)C)CC[C@H]3[C@H]12. The molecule has 4 aliphatic rings. The van der Waals surface area contributed by atoms with Crippen molar-refractivity contribution in [2.24, 2.45) is 52.3 Å². The van der Waals surface area contributed by atoms with E-state index in [0.29, 0.717) is 46.8 Å². The number of fused-ring (bicyclic) bond motifs is 5. The molecule has 4 aliphatic carbocycles. The predicted octanol–water partition coefficient (Wildman–Crippen LogP) is 6.23. The van der Waals surface area contributed by atoms with Crippen molar-refractivity contribution in [3.05, 3.63) is 11.6 Å². The van der Waals surface area contributed by atoms with Gasteiger partial charge in [-0.2, -0.15) is 0 Å². The number of rotatable bonds is 6. The topological polar surface area (TPSA) is 49.7 Å². The maximum atomic E-state index is 11.2. The fourth-order valence-electron chi connectivity index (χ4n) is 8.87. The van der Waals surface area contributed by atoms with Crippen LogP contribution in [0.3, 0.4) is 0 Å². The number of hydrogen-bond donors (Lipinski definition) is 2. The Morgan fingerprint density at radius 2 is 1.75 bits per heavy atom. The Labute approximate surface area is 197 Å². The smallest absolute Gasteiger partial charge is 0.0788 e. The number of hydrogen-bond acceptors (Lipinski definition) is 3. The van der Waals surface area contributed by atoms with Crippen molar-refractivity contribution in [3.8, 4) is 0 Å². The summed E-state index contributed by atoms with van der Waals surface area (Å²) in [6.07, 6.45) is 11.1. The summed E-state index contributed by atoms with van der Waals surface area (Å²) in [5, 5.41) is 21.5. The highest BCUT2D eigenvalue weighted by Crippen LogP contribution is 2.67. The maximum Gasteiger partial charge on any atom is 0.0788 e. The molecule has 11 atom stereocenters. The van der Waals surface area contributed by atoms with Crippen LogP contribution in [0, 0.1) is 52.3 Å². The van der Waals surface area contributed by atoms with Crippen LogP contribution in [0.5, 0.6) is 0 Å². The Hall–Kier alpha value is -0.380. The van der Waals surface area contributed by atoms with E-state index in [1.54, 1.807) is 0 Å². The minimum atomic E-state index is -0.195. The molecule has 0 bridgehead atoms. The van der Waals surface area contributed by atoms with Gasteiger partial charge in [-0.05, 0) is 104 Å². The van der Waals surface area contributed by atoms with E-state index >= 15 is 0 Å². The van der Waals surface area contributed by atoms with Crippen LogP contribution in [0.25, 0.3) is 0 Å². The molecule has 0 aliphatic heterocycles. The molecule has 3 saturated carbocycles. The van der Waals surface area contributed by atoms with Gasteiger partial charge in [-0.3, -0.25) is 0 Å². The third kappa shape index (κ3) is 3.93. The minimum absolute atomic E-state index is 0.177. The number of ether oxygens (including phenoxy) is 1. The molecule has 3 fully saturated rings. The average molecular weight is 447 g/mol. The molecule has 0 radical (unpaired) electrons. The zero-order chi connectivity index (χ0) is 23.4. The first-order valence-electron chi connectivity index (χ1n) is 13.6. The van der Waals surface area contributed by atoms with E-state index in [-0.39, 0.29) is 23.7 Å². The fourth-order valence-corrected chi connectivity index (χ4v) is 8.87. The lowest BCUT2D eigenvalue weighted by Gasteiger charge is -2.60. The lowest BCUT2D eigenvalue weighted by Crippen LogP contribution is -2.55. The zero-order valence-corrected chi connectivity index (χ0v) is 21.8. The van der Waals surface area contributed by atoms with Crippen molar-refractivity contribution < 1.29 is 14.9 Å². The van der Waals surface area contributed by atoms with Crippen molar-refractivity contribution >= 4 is 0 Å². The van der Waals surface area contributed by atoms with Gasteiger partial charge in [0.15, 0.2) is 0 Å². The van der Waals surface area contributed by atoms with Gasteiger partial charge in [0.25, 0.3) is 0 Å². The summed E-state index contributed by atoms with van der Waals surface area (Å²) in [5.74, 6) is 4.07. The average Bonchev–Trinajstić information content (AvgIpc) is 3.10. The van der Waals surface area contributed by atoms with Crippen LogP contribution < -0.4 is 0 Å². The van der Waals surface area contributed by atoms with Gasteiger partial charge >= 0.3 is 0 Å². The Bertz CT molecular complexity index is 701. The lowest BCUT2D eigenvalue weighted by atomic mass is 9.46. The third-order valence-electron chi connectivity index (χ3n) is 11.4. The van der Waals surface area contributed by atoms with Crippen LogP contribution in [0.1, 0.15) is 92.9 Å². The summed E-state index contributed by atoms with van der Waals surface area (Å²) < 4.78 is 6.16. The summed E-state index contributed by atoms with van der Waals surface area (Å²) in [6.45, 7) is 14.2. The molecule has 4 rings (SSSR count). The number of aliphatic hydroxyl groups is 2. The van der Waals surface area contributed by atoms with Crippen LogP contribution >= 0.6 is 0 Å². The quantitative estimate of drug-likeness (QED) is 0.475. The first-order valence-corrected chi connectivity index (χ1v) is 13.6. The maximum absolute atomic E-state index is 11.2. The Morgan fingerprint density at radius 1 is 1.03 bits per heavy atom. The van der Waals surface area contributed by atoms with Crippen LogP contribution in [-0.4, -0.2) is 35.6 Å². The van der Waals surface area contributed by atoms with Crippen LogP contribution in [-0.2, 0) is 4.74 Å². The summed E-state index contributed by atoms with van der Waals surface area (Å²) in [7, 11) is 1.89. The van der Waals surface area contributed by atoms with Crippen molar-refractivity contribution in [2.75, 3.05) is 7.11 Å². The normalized spacial score (nSPS) is 46.6. The zero-order valence-electron chi connectivity index (χ0n) is 21.8. The van der Waals surface area contributed by atoms with Crippen LogP contribution in [0.15, 0.2) is 11.6 Å². The first-order chi connectivity index (χ1) is 15.0. The Balaban J connectivity index is 1.58. The molecule has 3 heteroatoms. The molecular formula is C29H50O3. The van der Waals surface area contributed by atoms with Gasteiger partial charge in [0.2, 0.25) is 0 Å². The first kappa shape index (κ1) is 24.7. The molecule has 0 amide bonds. The molecule has 0 aromatic heterocycles. The molecule has 0 spiro atoms. The number of aliphatic hydroxyl groups excluding tert-OH is 2. The highest BCUT2D eigenvalue weighted by Gasteiger charge is 2.61. The summed E-state index contributed by atoms with van der Waals surface area (Å²) in [5.41, 5.74) is 2.00. The van der Waals surface area contributed by atoms with Crippen LogP contribution in [0.4, 0.5) is 0 Å². The van der Waals surface area contributed by atoms with E-state index in [2.05, 4.69) is 47.6 Å². The highest BCUT2D eigenvalue weighted by atomic mass is 16.5. The molecule has 0 aromatic rings. The molecule has 184 valence electrons. The van der Waals surface area contributed by atoms with E-state index < -0.39 is 0 Å². The van der Waals surface area contributed by atoms with Crippen molar-refractivity contribution in [2.45, 2.75) is 111 Å². The molecule has 2 N–H and O–H groups in total. The van der Waals surface area contributed by atoms with E-state index in [9.17, 15) is 10.2 Å². The molecule has 0 aromatic carbocycles. The molecule has 0 unspecified atom stereocenters. The minimum Gasteiger partial charge on any atom is -0.393 e. The summed E-state index contributed by atoms with van der Waals surface area (Å²) in [6, 6.07) is 0. The van der Waals surface area contributed by atoms with E-state index in [1.807, 2.05) is 7.11 Å². The monoisotopic (exact) mass is 446 g/mol. The second kappa shape index (κ2) is 9.00. The lowest BCUT2D eigenvalue weighted by molar-refractivity contribution is -0.111.